The topological polar surface area (TPSA) is 104 Å². The van der Waals surface area contributed by atoms with Gasteiger partial charge in [0.05, 0.1) is 36.3 Å². The molecule has 1 aromatic heterocycles. The van der Waals surface area contributed by atoms with Crippen LogP contribution in [0.5, 0.6) is 11.5 Å². The van der Waals surface area contributed by atoms with E-state index in [1.54, 1.807) is 14.2 Å². The number of hydrogen-bond acceptors (Lipinski definition) is 8. The van der Waals surface area contributed by atoms with Crippen molar-refractivity contribution < 1.29 is 24.6 Å². The summed E-state index contributed by atoms with van der Waals surface area (Å²) in [5.41, 5.74) is 2.41. The van der Waals surface area contributed by atoms with E-state index in [-0.39, 0.29) is 0 Å². The lowest BCUT2D eigenvalue weighted by Gasteiger charge is -2.40. The van der Waals surface area contributed by atoms with E-state index in [0.29, 0.717) is 47.5 Å². The van der Waals surface area contributed by atoms with Gasteiger partial charge in [0, 0.05) is 22.0 Å². The second-order valence-electron chi connectivity index (χ2n) is 9.90. The number of piperidine rings is 1. The fourth-order valence-electron chi connectivity index (χ4n) is 5.25. The van der Waals surface area contributed by atoms with Crippen molar-refractivity contribution in [2.75, 3.05) is 39.6 Å². The molecule has 0 spiro atoms. The molecule has 1 unspecified atom stereocenters. The summed E-state index contributed by atoms with van der Waals surface area (Å²) in [5, 5.41) is 21.8. The van der Waals surface area contributed by atoms with Crippen molar-refractivity contribution >= 4 is 40.2 Å². The summed E-state index contributed by atoms with van der Waals surface area (Å²) in [5.74, 6) is 2.11. The van der Waals surface area contributed by atoms with E-state index in [4.69, 9.17) is 21.1 Å². The highest BCUT2D eigenvalue weighted by Crippen LogP contribution is 2.41. The van der Waals surface area contributed by atoms with Gasteiger partial charge in [-0.1, -0.05) is 11.6 Å². The molecule has 2 aromatic carbocycles. The zero-order valence-corrected chi connectivity index (χ0v) is 23.9. The fraction of sp³-hybridized carbons (Fsp3) is 0.448. The van der Waals surface area contributed by atoms with Crippen molar-refractivity contribution in [2.45, 2.75) is 43.1 Å². The van der Waals surface area contributed by atoms with Crippen LogP contribution in [0, 0.1) is 5.41 Å². The van der Waals surface area contributed by atoms with E-state index in [9.17, 15) is 15.1 Å². The average Bonchev–Trinajstić information content (AvgIpc) is 2.98. The number of aliphatic hydroxyl groups is 1. The predicted molar refractivity (Wildman–Crippen MR) is 154 cm³/mol. The Morgan fingerprint density at radius 1 is 1.15 bits per heavy atom. The van der Waals surface area contributed by atoms with Gasteiger partial charge < -0.3 is 19.5 Å². The van der Waals surface area contributed by atoms with E-state index >= 15 is 0 Å². The molecule has 2 heterocycles. The normalized spacial score (nSPS) is 16.1. The third-order valence-corrected chi connectivity index (χ3v) is 9.04. The van der Waals surface area contributed by atoms with Crippen LogP contribution in [0.4, 0.5) is 0 Å². The number of likely N-dealkylation sites (tertiary alicyclic amines) is 1. The number of hydroxylamine groups is 1. The molecule has 10 heteroatoms. The maximum absolute atomic E-state index is 12.8. The molecule has 210 valence electrons. The van der Waals surface area contributed by atoms with E-state index < -0.39 is 17.4 Å². The van der Waals surface area contributed by atoms with E-state index in [0.717, 1.165) is 42.9 Å². The van der Waals surface area contributed by atoms with Gasteiger partial charge in [-0.05, 0) is 100.0 Å². The first-order valence-corrected chi connectivity index (χ1v) is 14.5. The summed E-state index contributed by atoms with van der Waals surface area (Å²) < 4.78 is 10.6. The van der Waals surface area contributed by atoms with Crippen LogP contribution in [0.3, 0.4) is 0 Å². The Bertz CT molecular complexity index is 1250. The number of benzene rings is 2. The van der Waals surface area contributed by atoms with Crippen LogP contribution < -0.4 is 15.0 Å². The van der Waals surface area contributed by atoms with Gasteiger partial charge >= 0.3 is 0 Å². The third kappa shape index (κ3) is 7.15. The highest BCUT2D eigenvalue weighted by molar-refractivity contribution is 7.99. The number of carbonyl (C=O) groups is 1. The molecular formula is C29H36ClN3O5S. The number of carbonyl (C=O) groups excluding carboxylic acids is 1. The molecule has 8 nitrogen and oxygen atoms in total. The summed E-state index contributed by atoms with van der Waals surface area (Å²) in [6.45, 7) is 2.46. The maximum Gasteiger partial charge on any atom is 0.249 e. The highest BCUT2D eigenvalue weighted by Gasteiger charge is 2.41. The van der Waals surface area contributed by atoms with Gasteiger partial charge in [0.2, 0.25) is 5.91 Å². The van der Waals surface area contributed by atoms with E-state index in [1.807, 2.05) is 47.6 Å². The van der Waals surface area contributed by atoms with E-state index in [2.05, 4.69) is 22.0 Å². The Kier molecular flexibility index (Phi) is 10.3. The first-order chi connectivity index (χ1) is 18.9. The van der Waals surface area contributed by atoms with Crippen LogP contribution in [0.2, 0.25) is 5.02 Å². The lowest BCUT2D eigenvalue weighted by atomic mass is 9.73. The van der Waals surface area contributed by atoms with E-state index in [1.165, 1.54) is 11.1 Å². The van der Waals surface area contributed by atoms with Gasteiger partial charge in [0.1, 0.15) is 11.5 Å². The molecule has 1 saturated heterocycles. The van der Waals surface area contributed by atoms with Crippen LogP contribution in [0.25, 0.3) is 10.9 Å². The number of pyridine rings is 1. The number of aliphatic hydroxyl groups excluding tert-OH is 1. The Hall–Kier alpha value is -2.56. The first kappa shape index (κ1) is 29.4. The molecule has 3 aromatic rings. The SMILES string of the molecule is COc1ccc(SCCCN2CCC(CCC(O)c3c(Cl)cnc4ccc(OC)cc34)(C(=O)NO)CC2)cc1. The first-order valence-electron chi connectivity index (χ1n) is 13.1. The molecule has 4 rings (SSSR count). The Morgan fingerprint density at radius 3 is 2.51 bits per heavy atom. The molecule has 0 aliphatic carbocycles. The zero-order valence-electron chi connectivity index (χ0n) is 22.4. The largest absolute Gasteiger partial charge is 0.497 e. The molecule has 1 atom stereocenters. The number of methoxy groups -OCH3 is 2. The van der Waals surface area contributed by atoms with Crippen molar-refractivity contribution in [1.82, 2.24) is 15.4 Å². The Balaban J connectivity index is 1.33. The highest BCUT2D eigenvalue weighted by atomic mass is 35.5. The van der Waals surface area contributed by atoms with Crippen LogP contribution in [-0.2, 0) is 4.79 Å². The second kappa shape index (κ2) is 13.7. The Morgan fingerprint density at radius 2 is 1.85 bits per heavy atom. The molecule has 39 heavy (non-hydrogen) atoms. The monoisotopic (exact) mass is 573 g/mol. The molecule has 0 bridgehead atoms. The summed E-state index contributed by atoms with van der Waals surface area (Å²) in [6, 6.07) is 13.5. The smallest absolute Gasteiger partial charge is 0.249 e. The molecule has 0 saturated carbocycles. The van der Waals surface area contributed by atoms with Gasteiger partial charge in [-0.25, -0.2) is 5.48 Å². The van der Waals surface area contributed by atoms with Crippen molar-refractivity contribution in [3.05, 3.63) is 59.2 Å². The van der Waals surface area contributed by atoms with Crippen LogP contribution >= 0.6 is 23.4 Å². The molecule has 1 aliphatic rings. The van der Waals surface area contributed by atoms with Crippen molar-refractivity contribution in [3.63, 3.8) is 0 Å². The third-order valence-electron chi connectivity index (χ3n) is 7.64. The fourth-order valence-corrected chi connectivity index (χ4v) is 6.37. The van der Waals surface area contributed by atoms with Crippen molar-refractivity contribution in [1.29, 1.82) is 0 Å². The standard InChI is InChI=1S/C29H36ClN3O5S/c1-37-20-4-7-22(8-5-20)39-17-3-14-33-15-12-29(13-16-33,28(35)32-36)11-10-26(34)27-23-18-21(38-2)6-9-25(23)31-19-24(27)30/h4-9,18-19,26,34,36H,3,10-17H2,1-2H3,(H,32,35). The number of nitrogens with one attached hydrogen (secondary N) is 1. The number of hydrogen-bond donors (Lipinski definition) is 3. The maximum atomic E-state index is 12.8. The molecular weight excluding hydrogens is 538 g/mol. The number of amides is 1. The summed E-state index contributed by atoms with van der Waals surface area (Å²) >= 11 is 8.29. The van der Waals surface area contributed by atoms with Gasteiger partial charge in [-0.3, -0.25) is 15.0 Å². The number of thioether (sulfide) groups is 1. The minimum Gasteiger partial charge on any atom is -0.497 e. The lowest BCUT2D eigenvalue weighted by molar-refractivity contribution is -0.143. The molecule has 1 amide bonds. The number of halogens is 1. The van der Waals surface area contributed by atoms with Gasteiger partial charge in [0.25, 0.3) is 0 Å². The molecule has 3 N–H and O–H groups in total. The number of rotatable bonds is 12. The van der Waals surface area contributed by atoms with Gasteiger partial charge in [-0.2, -0.15) is 0 Å². The molecule has 1 fully saturated rings. The summed E-state index contributed by atoms with van der Waals surface area (Å²) in [7, 11) is 3.25. The van der Waals surface area contributed by atoms with Crippen molar-refractivity contribution in [2.24, 2.45) is 5.41 Å². The Labute approximate surface area is 238 Å². The van der Waals surface area contributed by atoms with Gasteiger partial charge in [0.15, 0.2) is 0 Å². The molecule has 1 aliphatic heterocycles. The number of ether oxygens (including phenoxy) is 2. The number of nitrogens with zero attached hydrogens (tertiary/aromatic N) is 2. The minimum atomic E-state index is -0.897. The zero-order chi connectivity index (χ0) is 27.8. The summed E-state index contributed by atoms with van der Waals surface area (Å²) in [6.07, 6.45) is 3.63. The second-order valence-corrected chi connectivity index (χ2v) is 11.5. The summed E-state index contributed by atoms with van der Waals surface area (Å²) in [4.78, 5) is 20.8. The van der Waals surface area contributed by atoms with Crippen LogP contribution in [0.1, 0.15) is 43.8 Å². The number of aromatic nitrogens is 1. The quantitative estimate of drug-likeness (QED) is 0.113. The van der Waals surface area contributed by atoms with Crippen LogP contribution in [0.15, 0.2) is 53.6 Å². The predicted octanol–water partition coefficient (Wildman–Crippen LogP) is 5.49. The minimum absolute atomic E-state index is 0.321. The van der Waals surface area contributed by atoms with Gasteiger partial charge in [-0.15, -0.1) is 11.8 Å². The lowest BCUT2D eigenvalue weighted by Crippen LogP contribution is -2.48. The average molecular weight is 574 g/mol. The van der Waals surface area contributed by atoms with Crippen molar-refractivity contribution in [3.8, 4) is 11.5 Å². The molecule has 0 radical (unpaired) electrons. The van der Waals surface area contributed by atoms with Crippen LogP contribution in [-0.4, -0.2) is 65.7 Å². The number of fused-ring (bicyclic) bond motifs is 1.